The molecule has 0 saturated heterocycles. The minimum absolute atomic E-state index is 0.458. The van der Waals surface area contributed by atoms with Gasteiger partial charge in [0.15, 0.2) is 12.2 Å². The molecule has 1 heterocycles. The molecule has 0 aliphatic rings. The Labute approximate surface area is 140 Å². The number of hydrogen-bond acceptors (Lipinski definition) is 5. The highest BCUT2D eigenvalue weighted by atomic mass is 16.5. The van der Waals surface area contributed by atoms with Crippen LogP contribution in [0.25, 0.3) is 11.3 Å². The van der Waals surface area contributed by atoms with Gasteiger partial charge in [-0.15, -0.1) is 0 Å². The molecule has 1 aromatic heterocycles. The van der Waals surface area contributed by atoms with Crippen molar-refractivity contribution in [2.75, 3.05) is 19.0 Å². The van der Waals surface area contributed by atoms with Crippen molar-refractivity contribution < 1.29 is 18.7 Å². The molecule has 2 N–H and O–H groups in total. The minimum atomic E-state index is -0.715. The van der Waals surface area contributed by atoms with Crippen molar-refractivity contribution in [2.24, 2.45) is 5.92 Å². The number of rotatable bonds is 6. The zero-order valence-electron chi connectivity index (χ0n) is 14.0. The molecule has 24 heavy (non-hydrogen) atoms. The van der Waals surface area contributed by atoms with E-state index in [1.165, 1.54) is 13.5 Å². The minimum Gasteiger partial charge on any atom is -0.496 e. The Morgan fingerprint density at radius 2 is 2.08 bits per heavy atom. The molecule has 2 amide bonds. The third kappa shape index (κ3) is 4.58. The lowest BCUT2D eigenvalue weighted by Crippen LogP contribution is -2.36. The van der Waals surface area contributed by atoms with E-state index in [9.17, 15) is 9.59 Å². The van der Waals surface area contributed by atoms with Gasteiger partial charge in [-0.05, 0) is 24.5 Å². The van der Waals surface area contributed by atoms with Crippen LogP contribution in [0.5, 0.6) is 5.75 Å². The summed E-state index contributed by atoms with van der Waals surface area (Å²) in [6, 6.07) is 5.02. The molecule has 2 aromatic rings. The van der Waals surface area contributed by atoms with Crippen LogP contribution in [-0.4, -0.2) is 30.5 Å². The third-order valence-corrected chi connectivity index (χ3v) is 3.37. The van der Waals surface area contributed by atoms with Crippen molar-refractivity contribution in [2.45, 2.75) is 20.3 Å². The first-order valence-corrected chi connectivity index (χ1v) is 7.67. The van der Waals surface area contributed by atoms with Crippen LogP contribution >= 0.6 is 0 Å². The van der Waals surface area contributed by atoms with E-state index in [1.54, 1.807) is 24.4 Å². The predicted molar refractivity (Wildman–Crippen MR) is 89.6 cm³/mol. The Morgan fingerprint density at radius 1 is 1.29 bits per heavy atom. The summed E-state index contributed by atoms with van der Waals surface area (Å²) in [5.74, 6) is 0.143. The molecule has 0 fully saturated rings. The maximum absolute atomic E-state index is 11.9. The average molecular weight is 331 g/mol. The number of benzene rings is 1. The van der Waals surface area contributed by atoms with Gasteiger partial charge >= 0.3 is 11.8 Å². The van der Waals surface area contributed by atoms with Gasteiger partial charge in [0.2, 0.25) is 0 Å². The van der Waals surface area contributed by atoms with Crippen LogP contribution in [0.3, 0.4) is 0 Å². The van der Waals surface area contributed by atoms with Gasteiger partial charge in [-0.2, -0.15) is 0 Å². The molecule has 0 atom stereocenters. The summed E-state index contributed by atoms with van der Waals surface area (Å²) >= 11 is 0. The lowest BCUT2D eigenvalue weighted by molar-refractivity contribution is -0.136. The molecular weight excluding hydrogens is 310 g/mol. The fourth-order valence-electron chi connectivity index (χ4n) is 2.06. The molecule has 1 aromatic carbocycles. The van der Waals surface area contributed by atoms with Crippen molar-refractivity contribution in [3.8, 4) is 17.1 Å². The summed E-state index contributed by atoms with van der Waals surface area (Å²) in [6.07, 6.45) is 3.71. The quantitative estimate of drug-likeness (QED) is 0.793. The molecule has 0 unspecified atom stereocenters. The number of amides is 2. The normalized spacial score (nSPS) is 10.5. The number of ether oxygens (including phenoxy) is 1. The molecule has 0 spiro atoms. The van der Waals surface area contributed by atoms with E-state index in [0.29, 0.717) is 35.2 Å². The molecule has 7 nitrogen and oxygen atoms in total. The Bertz CT molecular complexity index is 696. The van der Waals surface area contributed by atoms with Gasteiger partial charge in [0.05, 0.1) is 18.9 Å². The average Bonchev–Trinajstić information content (AvgIpc) is 3.08. The monoisotopic (exact) mass is 331 g/mol. The molecule has 0 aliphatic heterocycles. The van der Waals surface area contributed by atoms with Gasteiger partial charge in [-0.1, -0.05) is 13.8 Å². The summed E-state index contributed by atoms with van der Waals surface area (Å²) in [5.41, 5.74) is 1.16. The SMILES string of the molecule is COc1cc(NC(=O)C(=O)NCCC(C)C)ccc1-c1cnco1. The van der Waals surface area contributed by atoms with Gasteiger partial charge in [0.25, 0.3) is 0 Å². The fourth-order valence-corrected chi connectivity index (χ4v) is 2.06. The Balaban J connectivity index is 2.02. The second kappa shape index (κ2) is 8.14. The predicted octanol–water partition coefficient (Wildman–Crippen LogP) is 2.45. The van der Waals surface area contributed by atoms with E-state index in [0.717, 1.165) is 6.42 Å². The molecular formula is C17H21N3O4. The summed E-state index contributed by atoms with van der Waals surface area (Å²) in [6.45, 7) is 4.57. The largest absolute Gasteiger partial charge is 0.496 e. The van der Waals surface area contributed by atoms with Crippen LogP contribution in [0, 0.1) is 5.92 Å². The van der Waals surface area contributed by atoms with E-state index in [4.69, 9.17) is 9.15 Å². The number of aromatic nitrogens is 1. The highest BCUT2D eigenvalue weighted by Gasteiger charge is 2.15. The number of oxazole rings is 1. The number of anilines is 1. The van der Waals surface area contributed by atoms with Crippen molar-refractivity contribution in [1.29, 1.82) is 0 Å². The van der Waals surface area contributed by atoms with E-state index in [-0.39, 0.29) is 0 Å². The van der Waals surface area contributed by atoms with Crippen molar-refractivity contribution in [1.82, 2.24) is 10.3 Å². The molecule has 2 rings (SSSR count). The fraction of sp³-hybridized carbons (Fsp3) is 0.353. The van der Waals surface area contributed by atoms with Crippen LogP contribution in [0.15, 0.2) is 35.2 Å². The molecule has 7 heteroatoms. The number of carbonyl (C=O) groups is 2. The number of nitrogens with zero attached hydrogens (tertiary/aromatic N) is 1. The van der Waals surface area contributed by atoms with Crippen LogP contribution in [-0.2, 0) is 9.59 Å². The Kier molecular flexibility index (Phi) is 5.95. The van der Waals surface area contributed by atoms with Gasteiger partial charge in [0.1, 0.15) is 5.75 Å². The van der Waals surface area contributed by atoms with Crippen molar-refractivity contribution in [3.05, 3.63) is 30.8 Å². The zero-order chi connectivity index (χ0) is 17.5. The van der Waals surface area contributed by atoms with E-state index in [2.05, 4.69) is 29.5 Å². The highest BCUT2D eigenvalue weighted by Crippen LogP contribution is 2.32. The molecule has 0 bridgehead atoms. The van der Waals surface area contributed by atoms with Crippen LogP contribution in [0.1, 0.15) is 20.3 Å². The first-order valence-electron chi connectivity index (χ1n) is 7.67. The van der Waals surface area contributed by atoms with Crippen LogP contribution < -0.4 is 15.4 Å². The summed E-state index contributed by atoms with van der Waals surface area (Å²) in [5, 5.41) is 5.14. The molecule has 0 radical (unpaired) electrons. The molecule has 0 aliphatic carbocycles. The first kappa shape index (κ1) is 17.5. The Hall–Kier alpha value is -2.83. The van der Waals surface area contributed by atoms with Crippen molar-refractivity contribution in [3.63, 3.8) is 0 Å². The number of nitrogens with one attached hydrogen (secondary N) is 2. The second-order valence-corrected chi connectivity index (χ2v) is 5.67. The third-order valence-electron chi connectivity index (χ3n) is 3.37. The first-order chi connectivity index (χ1) is 11.5. The van der Waals surface area contributed by atoms with E-state index in [1.807, 2.05) is 0 Å². The Morgan fingerprint density at radius 3 is 2.71 bits per heavy atom. The van der Waals surface area contributed by atoms with Crippen LogP contribution in [0.4, 0.5) is 5.69 Å². The highest BCUT2D eigenvalue weighted by molar-refractivity contribution is 6.39. The summed E-state index contributed by atoms with van der Waals surface area (Å²) in [4.78, 5) is 27.5. The maximum Gasteiger partial charge on any atom is 0.313 e. The lowest BCUT2D eigenvalue weighted by Gasteiger charge is -2.10. The smallest absolute Gasteiger partial charge is 0.313 e. The van der Waals surface area contributed by atoms with Gasteiger partial charge in [-0.25, -0.2) is 4.98 Å². The lowest BCUT2D eigenvalue weighted by atomic mass is 10.1. The van der Waals surface area contributed by atoms with Gasteiger partial charge < -0.3 is 19.8 Å². The zero-order valence-corrected chi connectivity index (χ0v) is 14.0. The van der Waals surface area contributed by atoms with E-state index >= 15 is 0 Å². The number of hydrogen-bond donors (Lipinski definition) is 2. The molecule has 128 valence electrons. The summed E-state index contributed by atoms with van der Waals surface area (Å²) in [7, 11) is 1.51. The standard InChI is InChI=1S/C17H21N3O4/c1-11(2)6-7-19-16(21)17(22)20-12-4-5-13(14(8-12)23-3)15-9-18-10-24-15/h4-5,8-11H,6-7H2,1-3H3,(H,19,21)(H,20,22). The maximum atomic E-state index is 11.9. The number of methoxy groups -OCH3 is 1. The van der Waals surface area contributed by atoms with E-state index < -0.39 is 11.8 Å². The van der Waals surface area contributed by atoms with Gasteiger partial charge in [0, 0.05) is 18.3 Å². The van der Waals surface area contributed by atoms with Crippen molar-refractivity contribution >= 4 is 17.5 Å². The van der Waals surface area contributed by atoms with Gasteiger partial charge in [-0.3, -0.25) is 9.59 Å². The topological polar surface area (TPSA) is 93.5 Å². The second-order valence-electron chi connectivity index (χ2n) is 5.67. The summed E-state index contributed by atoms with van der Waals surface area (Å²) < 4.78 is 10.5. The molecule has 0 saturated carbocycles. The van der Waals surface area contributed by atoms with Crippen LogP contribution in [0.2, 0.25) is 0 Å². The number of carbonyl (C=O) groups excluding carboxylic acids is 2.